The Morgan fingerprint density at radius 1 is 1.12 bits per heavy atom. The van der Waals surface area contributed by atoms with Gasteiger partial charge in [0.2, 0.25) is 5.91 Å². The summed E-state index contributed by atoms with van der Waals surface area (Å²) in [6.07, 6.45) is 1.52. The number of carbonyl (C=O) groups excluding carboxylic acids is 2. The van der Waals surface area contributed by atoms with Gasteiger partial charge >= 0.3 is 0 Å². The third-order valence-corrected chi connectivity index (χ3v) is 6.18. The molecule has 7 nitrogen and oxygen atoms in total. The summed E-state index contributed by atoms with van der Waals surface area (Å²) >= 11 is 0. The van der Waals surface area contributed by atoms with Gasteiger partial charge < -0.3 is 19.4 Å². The lowest BCUT2D eigenvalue weighted by atomic mass is 9.95. The van der Waals surface area contributed by atoms with Gasteiger partial charge in [-0.25, -0.2) is 4.98 Å². The predicted octanol–water partition coefficient (Wildman–Crippen LogP) is 4.79. The summed E-state index contributed by atoms with van der Waals surface area (Å²) in [5.41, 5.74) is 2.69. The molecule has 0 radical (unpaired) electrons. The maximum absolute atomic E-state index is 13.4. The lowest BCUT2D eigenvalue weighted by molar-refractivity contribution is -0.121. The standard InChI is InChI=1S/C26H25N3O4/c1-16-27-22-14-18(9-11-24(22)33-16)28-25(30)17-6-5-13-29(15-17)26(31)21-10-12-23(32-2)20-8-4-3-7-19(20)21/h3-4,7-12,14,17H,5-6,13,15H2,1-2H3,(H,28,30). The second-order valence-electron chi connectivity index (χ2n) is 8.36. The van der Waals surface area contributed by atoms with Crippen LogP contribution in [0.4, 0.5) is 5.69 Å². The molecule has 0 saturated carbocycles. The topological polar surface area (TPSA) is 84.7 Å². The number of anilines is 1. The highest BCUT2D eigenvalue weighted by Crippen LogP contribution is 2.30. The number of aromatic nitrogens is 1. The normalized spacial score (nSPS) is 16.2. The average Bonchev–Trinajstić information content (AvgIpc) is 3.22. The fraction of sp³-hybridized carbons (Fsp3) is 0.269. The van der Waals surface area contributed by atoms with Gasteiger partial charge in [0.1, 0.15) is 11.3 Å². The van der Waals surface area contributed by atoms with Gasteiger partial charge in [-0.2, -0.15) is 0 Å². The molecular formula is C26H25N3O4. The predicted molar refractivity (Wildman–Crippen MR) is 127 cm³/mol. The Kier molecular flexibility index (Phi) is 5.46. The van der Waals surface area contributed by atoms with Crippen LogP contribution in [0.3, 0.4) is 0 Å². The summed E-state index contributed by atoms with van der Waals surface area (Å²) in [5.74, 6) is 0.887. The molecule has 1 atom stereocenters. The van der Waals surface area contributed by atoms with E-state index in [9.17, 15) is 9.59 Å². The highest BCUT2D eigenvalue weighted by atomic mass is 16.5. The number of nitrogens with zero attached hydrogens (tertiary/aromatic N) is 2. The Hall–Kier alpha value is -3.87. The minimum Gasteiger partial charge on any atom is -0.496 e. The van der Waals surface area contributed by atoms with Gasteiger partial charge in [-0.15, -0.1) is 0 Å². The van der Waals surface area contributed by atoms with E-state index in [-0.39, 0.29) is 17.7 Å². The van der Waals surface area contributed by atoms with Crippen LogP contribution in [-0.2, 0) is 4.79 Å². The van der Waals surface area contributed by atoms with Crippen molar-refractivity contribution >= 4 is 39.4 Å². The molecule has 0 spiro atoms. The summed E-state index contributed by atoms with van der Waals surface area (Å²) in [7, 11) is 1.62. The Bertz CT molecular complexity index is 1360. The molecule has 1 N–H and O–H groups in total. The molecular weight excluding hydrogens is 418 g/mol. The lowest BCUT2D eigenvalue weighted by Gasteiger charge is -2.32. The van der Waals surface area contributed by atoms with Gasteiger partial charge in [0.25, 0.3) is 5.91 Å². The van der Waals surface area contributed by atoms with E-state index in [1.165, 1.54) is 0 Å². The third-order valence-electron chi connectivity index (χ3n) is 6.18. The fourth-order valence-corrected chi connectivity index (χ4v) is 4.55. The number of rotatable bonds is 4. The first-order valence-electron chi connectivity index (χ1n) is 11.1. The van der Waals surface area contributed by atoms with Crippen LogP contribution in [0.2, 0.25) is 0 Å². The van der Waals surface area contributed by atoms with E-state index < -0.39 is 0 Å². The number of piperidine rings is 1. The van der Waals surface area contributed by atoms with E-state index in [1.54, 1.807) is 37.1 Å². The molecule has 168 valence electrons. The summed E-state index contributed by atoms with van der Waals surface area (Å²) in [5, 5.41) is 4.73. The zero-order valence-electron chi connectivity index (χ0n) is 18.6. The van der Waals surface area contributed by atoms with Crippen LogP contribution < -0.4 is 10.1 Å². The summed E-state index contributed by atoms with van der Waals surface area (Å²) in [4.78, 5) is 32.5. The number of ether oxygens (including phenoxy) is 1. The molecule has 2 amide bonds. The Balaban J connectivity index is 1.33. The van der Waals surface area contributed by atoms with E-state index in [1.807, 2.05) is 36.4 Å². The zero-order valence-corrected chi connectivity index (χ0v) is 18.6. The van der Waals surface area contributed by atoms with Crippen LogP contribution in [0.25, 0.3) is 21.9 Å². The number of amides is 2. The Morgan fingerprint density at radius 3 is 2.76 bits per heavy atom. The van der Waals surface area contributed by atoms with E-state index in [4.69, 9.17) is 9.15 Å². The maximum Gasteiger partial charge on any atom is 0.254 e. The van der Waals surface area contributed by atoms with Crippen LogP contribution >= 0.6 is 0 Å². The molecule has 1 saturated heterocycles. The average molecular weight is 444 g/mol. The largest absolute Gasteiger partial charge is 0.496 e. The van der Waals surface area contributed by atoms with Crippen LogP contribution in [0.5, 0.6) is 5.75 Å². The molecule has 3 aromatic carbocycles. The quantitative estimate of drug-likeness (QED) is 0.490. The number of oxazole rings is 1. The molecule has 33 heavy (non-hydrogen) atoms. The molecule has 1 aromatic heterocycles. The number of likely N-dealkylation sites (tertiary alicyclic amines) is 1. The van der Waals surface area contributed by atoms with Crippen molar-refractivity contribution in [2.75, 3.05) is 25.5 Å². The number of carbonyl (C=O) groups is 2. The molecule has 7 heteroatoms. The monoisotopic (exact) mass is 443 g/mol. The highest BCUT2D eigenvalue weighted by Gasteiger charge is 2.30. The van der Waals surface area contributed by atoms with Crippen LogP contribution in [0, 0.1) is 12.8 Å². The highest BCUT2D eigenvalue weighted by molar-refractivity contribution is 6.09. The molecule has 0 bridgehead atoms. The molecule has 2 heterocycles. The second-order valence-corrected chi connectivity index (χ2v) is 8.36. The van der Waals surface area contributed by atoms with Gasteiger partial charge in [0.05, 0.1) is 13.0 Å². The van der Waals surface area contributed by atoms with Gasteiger partial charge in [-0.05, 0) is 48.6 Å². The molecule has 1 aliphatic rings. The Morgan fingerprint density at radius 2 is 1.94 bits per heavy atom. The molecule has 1 unspecified atom stereocenters. The Labute approximate surface area is 191 Å². The van der Waals surface area contributed by atoms with Crippen molar-refractivity contribution in [1.29, 1.82) is 0 Å². The fourth-order valence-electron chi connectivity index (χ4n) is 4.55. The summed E-state index contributed by atoms with van der Waals surface area (Å²) < 4.78 is 10.9. The number of fused-ring (bicyclic) bond motifs is 2. The van der Waals surface area contributed by atoms with E-state index in [0.29, 0.717) is 41.3 Å². The van der Waals surface area contributed by atoms with Crippen molar-refractivity contribution in [3.05, 3.63) is 66.1 Å². The van der Waals surface area contributed by atoms with Crippen molar-refractivity contribution in [3.8, 4) is 5.75 Å². The van der Waals surface area contributed by atoms with Gasteiger partial charge in [0, 0.05) is 36.7 Å². The molecule has 5 rings (SSSR count). The zero-order chi connectivity index (χ0) is 22.9. The van der Waals surface area contributed by atoms with Crippen LogP contribution in [0.1, 0.15) is 29.1 Å². The van der Waals surface area contributed by atoms with E-state index in [0.717, 1.165) is 29.4 Å². The lowest BCUT2D eigenvalue weighted by Crippen LogP contribution is -2.43. The number of aryl methyl sites for hydroxylation is 1. The van der Waals surface area contributed by atoms with Gasteiger partial charge in [-0.3, -0.25) is 9.59 Å². The van der Waals surface area contributed by atoms with Crippen molar-refractivity contribution in [3.63, 3.8) is 0 Å². The summed E-state index contributed by atoms with van der Waals surface area (Å²) in [6.45, 7) is 2.81. The van der Waals surface area contributed by atoms with E-state index >= 15 is 0 Å². The molecule has 4 aromatic rings. The minimum atomic E-state index is -0.276. The molecule has 1 aliphatic heterocycles. The van der Waals surface area contributed by atoms with Crippen molar-refractivity contribution < 1.29 is 18.7 Å². The number of hydrogen-bond donors (Lipinski definition) is 1. The van der Waals surface area contributed by atoms with Gasteiger partial charge in [-0.1, -0.05) is 24.3 Å². The van der Waals surface area contributed by atoms with Gasteiger partial charge in [0.15, 0.2) is 11.5 Å². The third kappa shape index (κ3) is 4.02. The van der Waals surface area contributed by atoms with Crippen LogP contribution in [-0.4, -0.2) is 41.9 Å². The number of nitrogens with one attached hydrogen (secondary N) is 1. The van der Waals surface area contributed by atoms with Crippen molar-refractivity contribution in [2.45, 2.75) is 19.8 Å². The maximum atomic E-state index is 13.4. The first-order chi connectivity index (χ1) is 16.0. The SMILES string of the molecule is COc1ccc(C(=O)N2CCCC(C(=O)Nc3ccc4oc(C)nc4c3)C2)c2ccccc12. The number of hydrogen-bond acceptors (Lipinski definition) is 5. The summed E-state index contributed by atoms with van der Waals surface area (Å²) in [6, 6.07) is 16.8. The van der Waals surface area contributed by atoms with Crippen molar-refractivity contribution in [2.24, 2.45) is 5.92 Å². The van der Waals surface area contributed by atoms with Crippen molar-refractivity contribution in [1.82, 2.24) is 9.88 Å². The first kappa shape index (κ1) is 21.0. The first-order valence-corrected chi connectivity index (χ1v) is 11.1. The smallest absolute Gasteiger partial charge is 0.254 e. The molecule has 0 aliphatic carbocycles. The second kappa shape index (κ2) is 8.58. The number of benzene rings is 3. The molecule has 1 fully saturated rings. The number of methoxy groups -OCH3 is 1. The minimum absolute atomic E-state index is 0.0640. The van der Waals surface area contributed by atoms with Crippen LogP contribution in [0.15, 0.2) is 59.0 Å². The van der Waals surface area contributed by atoms with E-state index in [2.05, 4.69) is 10.3 Å².